The molecule has 4 aromatic heterocycles. The van der Waals surface area contributed by atoms with Crippen molar-refractivity contribution in [3.8, 4) is 10.6 Å². The highest BCUT2D eigenvalue weighted by Crippen LogP contribution is 2.50. The summed E-state index contributed by atoms with van der Waals surface area (Å²) < 4.78 is 16.1. The fourth-order valence-corrected chi connectivity index (χ4v) is 13.3. The van der Waals surface area contributed by atoms with Gasteiger partial charge >= 0.3 is 0 Å². The Morgan fingerprint density at radius 1 is 0.493 bits per heavy atom. The van der Waals surface area contributed by atoms with Gasteiger partial charge < -0.3 is 30.1 Å². The van der Waals surface area contributed by atoms with Gasteiger partial charge in [0.1, 0.15) is 22.9 Å². The van der Waals surface area contributed by atoms with Gasteiger partial charge in [-0.3, -0.25) is 9.59 Å². The lowest BCUT2D eigenvalue weighted by Crippen LogP contribution is -2.35. The molecule has 10 heteroatoms. The zero-order chi connectivity index (χ0) is 50.7. The van der Waals surface area contributed by atoms with Crippen LogP contribution in [0.1, 0.15) is 225 Å². The Labute approximate surface area is 435 Å². The van der Waals surface area contributed by atoms with Gasteiger partial charge in [0.2, 0.25) is 0 Å². The third kappa shape index (κ3) is 13.4. The molecule has 0 saturated carbocycles. The van der Waals surface area contributed by atoms with Gasteiger partial charge in [0.05, 0.1) is 31.0 Å². The highest BCUT2D eigenvalue weighted by molar-refractivity contribution is 7.29. The van der Waals surface area contributed by atoms with Crippen molar-refractivity contribution < 1.29 is 18.4 Å². The lowest BCUT2D eigenvalue weighted by molar-refractivity contribution is -0.124. The number of amides is 2. The van der Waals surface area contributed by atoms with Crippen LogP contribution >= 0.6 is 22.7 Å². The summed E-state index contributed by atoms with van der Waals surface area (Å²) in [5.74, 6) is 2.73. The van der Waals surface area contributed by atoms with Gasteiger partial charge in [0, 0.05) is 23.5 Å². The van der Waals surface area contributed by atoms with E-state index in [1.165, 1.54) is 111 Å². The van der Waals surface area contributed by atoms with Crippen molar-refractivity contribution in [2.24, 2.45) is 23.3 Å². The molecule has 2 atom stereocenters. The first-order valence-corrected chi connectivity index (χ1v) is 29.7. The van der Waals surface area contributed by atoms with Crippen LogP contribution in [-0.4, -0.2) is 34.7 Å². The Kier molecular flexibility index (Phi) is 19.5. The van der Waals surface area contributed by atoms with Crippen LogP contribution < -0.4 is 11.5 Å². The fourth-order valence-electron chi connectivity index (χ4n) is 10.8. The van der Waals surface area contributed by atoms with Crippen LogP contribution in [0.5, 0.6) is 0 Å². The van der Waals surface area contributed by atoms with Gasteiger partial charge in [0.25, 0.3) is 11.8 Å². The summed E-state index contributed by atoms with van der Waals surface area (Å²) in [6, 6.07) is 16.7. The van der Waals surface area contributed by atoms with Gasteiger partial charge in [-0.15, -0.1) is 22.7 Å². The molecule has 5 aromatic rings. The summed E-state index contributed by atoms with van der Waals surface area (Å²) >= 11 is 3.48. The minimum absolute atomic E-state index is 0.134. The van der Waals surface area contributed by atoms with Crippen LogP contribution in [-0.2, 0) is 20.7 Å². The number of carbonyl (C=O) groups excluding carboxylic acids is 2. The van der Waals surface area contributed by atoms with Crippen LogP contribution in [0, 0.1) is 11.8 Å². The Hall–Kier alpha value is -3.96. The number of fused-ring (bicyclic) bond motifs is 4. The minimum atomic E-state index is -0.746. The molecule has 2 aliphatic rings. The van der Waals surface area contributed by atoms with Crippen molar-refractivity contribution in [3.63, 3.8) is 0 Å². The highest BCUT2D eigenvalue weighted by atomic mass is 32.1. The largest absolute Gasteiger partial charge is 0.458 e. The Balaban J connectivity index is 1.33. The zero-order valence-electron chi connectivity index (χ0n) is 44.9. The lowest BCUT2D eigenvalue weighted by Gasteiger charge is -2.29. The standard InChI is InChI=1S/C61H88N4O4S2/c1-9-13-17-21-23-27-31-43(29-25-20-16-12-4)40-64-54(47-35-34-46(68-47)49-38-44-32-33-45-39-51(61(7,8)63)71-57(45)56(44)70-49)52-53(59(64)67)55(48-36-37-50(69-48)60(5,6)62)65(58(52)66)41-42(28-24-19-15-11-3)30-26-22-18-14-10-2/h32-39,42-43H,9-31,40-41,62-63H2,1-8H3. The SMILES string of the molecule is CCCCCCCCC(CCCCCC)CN1C(=O)C2=C(c3ccc(C(C)(C)N)o3)N(CC(CCCCCC)CCCCCCC)C(=O)C2=C1c1ccc(-c2cc3ccc4cc(C(C)(C)N)sc4c3s2)o1. The third-order valence-electron chi connectivity index (χ3n) is 15.0. The van der Waals surface area contributed by atoms with Crippen molar-refractivity contribution in [1.29, 1.82) is 0 Å². The summed E-state index contributed by atoms with van der Waals surface area (Å²) in [4.78, 5) is 37.5. The van der Waals surface area contributed by atoms with E-state index in [1.807, 2.05) is 47.9 Å². The minimum Gasteiger partial charge on any atom is -0.458 e. The second-order valence-electron chi connectivity index (χ2n) is 22.4. The van der Waals surface area contributed by atoms with E-state index in [9.17, 15) is 0 Å². The molecule has 0 radical (unpaired) electrons. The maximum atomic E-state index is 15.7. The number of furan rings is 2. The van der Waals surface area contributed by atoms with Crippen molar-refractivity contribution in [1.82, 2.24) is 9.80 Å². The number of thiophene rings is 2. The van der Waals surface area contributed by atoms with Gasteiger partial charge in [-0.05, 0) is 112 Å². The highest BCUT2D eigenvalue weighted by Gasteiger charge is 2.51. The summed E-state index contributed by atoms with van der Waals surface area (Å²) in [5, 5.41) is 2.35. The molecular weight excluding hydrogens is 917 g/mol. The molecule has 7 rings (SSSR count). The molecule has 2 unspecified atom stereocenters. The molecule has 0 bridgehead atoms. The number of hydrogen-bond acceptors (Lipinski definition) is 8. The van der Waals surface area contributed by atoms with Crippen molar-refractivity contribution in [2.75, 3.05) is 13.1 Å². The average Bonchev–Trinajstić information content (AvgIpc) is 4.20. The molecule has 0 aliphatic carbocycles. The van der Waals surface area contributed by atoms with Crippen LogP contribution in [0.15, 0.2) is 68.5 Å². The number of hydrogen-bond donors (Lipinski definition) is 2. The van der Waals surface area contributed by atoms with Gasteiger partial charge in [-0.25, -0.2) is 0 Å². The Bertz CT molecular complexity index is 2590. The van der Waals surface area contributed by atoms with E-state index in [2.05, 4.69) is 65.8 Å². The predicted octanol–water partition coefficient (Wildman–Crippen LogP) is 17.4. The number of rotatable bonds is 32. The quantitative estimate of drug-likeness (QED) is 0.0414. The van der Waals surface area contributed by atoms with Crippen LogP contribution in [0.25, 0.3) is 42.2 Å². The number of unbranched alkanes of at least 4 members (excludes halogenated alkanes) is 15. The van der Waals surface area contributed by atoms with Crippen molar-refractivity contribution in [2.45, 2.75) is 214 Å². The first-order chi connectivity index (χ1) is 34.2. The summed E-state index contributed by atoms with van der Waals surface area (Å²) in [5.41, 5.74) is 14.1. The monoisotopic (exact) mass is 1000 g/mol. The average molecular weight is 1010 g/mol. The van der Waals surface area contributed by atoms with Crippen LogP contribution in [0.3, 0.4) is 0 Å². The summed E-state index contributed by atoms with van der Waals surface area (Å²) in [6.07, 6.45) is 27.0. The van der Waals surface area contributed by atoms with E-state index in [1.54, 1.807) is 22.7 Å². The van der Waals surface area contributed by atoms with E-state index >= 15 is 9.59 Å². The third-order valence-corrected chi connectivity index (χ3v) is 17.9. The zero-order valence-corrected chi connectivity index (χ0v) is 46.6. The molecule has 0 saturated heterocycles. The Morgan fingerprint density at radius 3 is 1.37 bits per heavy atom. The molecule has 0 fully saturated rings. The first-order valence-electron chi connectivity index (χ1n) is 28.1. The maximum Gasteiger partial charge on any atom is 0.261 e. The number of nitrogens with zero attached hydrogens (tertiary/aromatic N) is 2. The van der Waals surface area contributed by atoms with E-state index in [-0.39, 0.29) is 23.7 Å². The van der Waals surface area contributed by atoms with Gasteiger partial charge in [-0.2, -0.15) is 0 Å². The molecule has 1 aromatic carbocycles. The van der Waals surface area contributed by atoms with E-state index in [4.69, 9.17) is 20.3 Å². The van der Waals surface area contributed by atoms with Gasteiger partial charge in [-0.1, -0.05) is 162 Å². The second-order valence-corrected chi connectivity index (χ2v) is 24.5. The van der Waals surface area contributed by atoms with E-state index in [0.717, 1.165) is 72.3 Å². The Morgan fingerprint density at radius 2 is 0.901 bits per heavy atom. The predicted molar refractivity (Wildman–Crippen MR) is 301 cm³/mol. The molecule has 71 heavy (non-hydrogen) atoms. The normalized spacial score (nSPS) is 15.5. The van der Waals surface area contributed by atoms with Crippen molar-refractivity contribution >= 4 is 66.1 Å². The number of benzene rings is 1. The molecule has 6 heterocycles. The topological polar surface area (TPSA) is 119 Å². The lowest BCUT2D eigenvalue weighted by atomic mass is 9.93. The molecular formula is C61H88N4O4S2. The molecule has 2 aliphatic heterocycles. The fraction of sp³-hybridized carbons (Fsp3) is 0.607. The van der Waals surface area contributed by atoms with Crippen LogP contribution in [0.2, 0.25) is 0 Å². The van der Waals surface area contributed by atoms with Crippen LogP contribution in [0.4, 0.5) is 0 Å². The molecule has 2 amide bonds. The molecule has 4 N–H and O–H groups in total. The van der Waals surface area contributed by atoms with Gasteiger partial charge in [0.15, 0.2) is 11.5 Å². The molecule has 388 valence electrons. The number of nitrogens with two attached hydrogens (primary N) is 2. The smallest absolute Gasteiger partial charge is 0.261 e. The summed E-state index contributed by atoms with van der Waals surface area (Å²) in [7, 11) is 0. The second kappa shape index (κ2) is 25.3. The first kappa shape index (κ1) is 54.8. The maximum absolute atomic E-state index is 15.7. The van der Waals surface area contributed by atoms with E-state index in [0.29, 0.717) is 52.9 Å². The molecule has 0 spiro atoms. The summed E-state index contributed by atoms with van der Waals surface area (Å²) in [6.45, 7) is 18.1. The molecule has 8 nitrogen and oxygen atoms in total. The van der Waals surface area contributed by atoms with Crippen molar-refractivity contribution in [3.05, 3.63) is 81.8 Å². The number of carbonyl (C=O) groups is 2. The van der Waals surface area contributed by atoms with E-state index < -0.39 is 11.1 Å².